The van der Waals surface area contributed by atoms with Gasteiger partial charge < -0.3 is 15.2 Å². The highest BCUT2D eigenvalue weighted by molar-refractivity contribution is 5.88. The summed E-state index contributed by atoms with van der Waals surface area (Å²) in [7, 11) is 0. The van der Waals surface area contributed by atoms with Crippen molar-refractivity contribution < 1.29 is 9.59 Å². The van der Waals surface area contributed by atoms with E-state index < -0.39 is 0 Å². The van der Waals surface area contributed by atoms with Crippen LogP contribution in [0, 0.1) is 0 Å². The summed E-state index contributed by atoms with van der Waals surface area (Å²) >= 11 is 0. The molecule has 5 heteroatoms. The lowest BCUT2D eigenvalue weighted by Crippen LogP contribution is -2.55. The lowest BCUT2D eigenvalue weighted by Gasteiger charge is -2.36. The number of benzene rings is 1. The Morgan fingerprint density at radius 2 is 2.00 bits per heavy atom. The Balaban J connectivity index is 1.57. The number of carbonyl (C=O) groups is 2. The summed E-state index contributed by atoms with van der Waals surface area (Å²) in [5.74, 6) is 0.0794. The fourth-order valence-electron chi connectivity index (χ4n) is 3.87. The number of hydrogen-bond acceptors (Lipinski definition) is 2. The Kier molecular flexibility index (Phi) is 5.88. The van der Waals surface area contributed by atoms with Crippen molar-refractivity contribution in [2.24, 2.45) is 0 Å². The molecule has 1 aliphatic heterocycles. The molecule has 146 valence electrons. The van der Waals surface area contributed by atoms with Gasteiger partial charge in [-0.1, -0.05) is 18.2 Å². The average molecular weight is 370 g/mol. The van der Waals surface area contributed by atoms with Gasteiger partial charge in [-0.2, -0.15) is 0 Å². The summed E-state index contributed by atoms with van der Waals surface area (Å²) < 4.78 is 0. The number of aryl methyl sites for hydroxylation is 1. The summed E-state index contributed by atoms with van der Waals surface area (Å²) in [6, 6.07) is 7.91. The monoisotopic (exact) mass is 369 g/mol. The van der Waals surface area contributed by atoms with Crippen molar-refractivity contribution in [3.05, 3.63) is 36.0 Å². The third kappa shape index (κ3) is 4.90. The van der Waals surface area contributed by atoms with Crippen molar-refractivity contribution in [2.45, 2.75) is 70.9 Å². The summed E-state index contributed by atoms with van der Waals surface area (Å²) in [5, 5.41) is 4.26. The molecule has 2 N–H and O–H groups in total. The molecule has 2 aromatic rings. The maximum atomic E-state index is 12.8. The molecule has 1 unspecified atom stereocenters. The number of nitrogens with zero attached hydrogens (tertiary/aromatic N) is 1. The van der Waals surface area contributed by atoms with E-state index in [9.17, 15) is 9.59 Å². The van der Waals surface area contributed by atoms with E-state index in [-0.39, 0.29) is 23.4 Å². The number of fused-ring (bicyclic) bond motifs is 1. The molecule has 2 amide bonds. The number of piperidine rings is 1. The van der Waals surface area contributed by atoms with Crippen LogP contribution in [0.15, 0.2) is 30.5 Å². The van der Waals surface area contributed by atoms with Gasteiger partial charge in [0.25, 0.3) is 0 Å². The summed E-state index contributed by atoms with van der Waals surface area (Å²) in [6.07, 6.45) is 6.92. The number of nitrogens with one attached hydrogen (secondary N) is 2. The van der Waals surface area contributed by atoms with Crippen molar-refractivity contribution in [2.75, 3.05) is 6.54 Å². The van der Waals surface area contributed by atoms with Crippen LogP contribution >= 0.6 is 0 Å². The molecule has 1 atom stereocenters. The molecule has 0 aliphatic carbocycles. The zero-order valence-electron chi connectivity index (χ0n) is 16.7. The number of H-pyrrole nitrogens is 1. The third-order valence-corrected chi connectivity index (χ3v) is 5.14. The molecule has 1 saturated heterocycles. The highest BCUT2D eigenvalue weighted by Crippen LogP contribution is 2.22. The van der Waals surface area contributed by atoms with Gasteiger partial charge in [-0.15, -0.1) is 0 Å². The first-order valence-corrected chi connectivity index (χ1v) is 10.0. The first kappa shape index (κ1) is 19.5. The largest absolute Gasteiger partial charge is 0.361 e. The van der Waals surface area contributed by atoms with Gasteiger partial charge in [0.15, 0.2) is 0 Å². The molecular weight excluding hydrogens is 338 g/mol. The molecule has 2 heterocycles. The van der Waals surface area contributed by atoms with Gasteiger partial charge in [-0.3, -0.25) is 9.59 Å². The smallest absolute Gasteiger partial charge is 0.243 e. The topological polar surface area (TPSA) is 65.2 Å². The molecule has 1 fully saturated rings. The molecule has 0 radical (unpaired) electrons. The summed E-state index contributed by atoms with van der Waals surface area (Å²) in [6.45, 7) is 6.61. The van der Waals surface area contributed by atoms with Crippen molar-refractivity contribution in [1.82, 2.24) is 15.2 Å². The second-order valence-electron chi connectivity index (χ2n) is 8.55. The van der Waals surface area contributed by atoms with Crippen LogP contribution in [0.3, 0.4) is 0 Å². The number of aromatic amines is 1. The van der Waals surface area contributed by atoms with Gasteiger partial charge in [0, 0.05) is 35.6 Å². The fourth-order valence-corrected chi connectivity index (χ4v) is 3.87. The Bertz CT molecular complexity index is 803. The number of rotatable bonds is 5. The molecule has 3 rings (SSSR count). The van der Waals surface area contributed by atoms with E-state index in [0.29, 0.717) is 13.0 Å². The zero-order chi connectivity index (χ0) is 19.4. The number of carbonyl (C=O) groups excluding carboxylic acids is 2. The molecular formula is C22H31N3O2. The van der Waals surface area contributed by atoms with Crippen LogP contribution in [-0.4, -0.2) is 39.8 Å². The van der Waals surface area contributed by atoms with Gasteiger partial charge in [0.1, 0.15) is 6.04 Å². The number of aromatic nitrogens is 1. The quantitative estimate of drug-likeness (QED) is 0.842. The molecule has 0 saturated carbocycles. The van der Waals surface area contributed by atoms with E-state index in [1.165, 1.54) is 10.9 Å². The normalized spacial score (nSPS) is 17.9. The highest BCUT2D eigenvalue weighted by Gasteiger charge is 2.33. The predicted octanol–water partition coefficient (Wildman–Crippen LogP) is 3.79. The first-order chi connectivity index (χ1) is 12.8. The van der Waals surface area contributed by atoms with Crippen LogP contribution in [-0.2, 0) is 16.0 Å². The van der Waals surface area contributed by atoms with Gasteiger partial charge in [-0.05, 0) is 64.5 Å². The van der Waals surface area contributed by atoms with E-state index in [0.717, 1.165) is 37.6 Å². The van der Waals surface area contributed by atoms with Gasteiger partial charge >= 0.3 is 0 Å². The summed E-state index contributed by atoms with van der Waals surface area (Å²) in [4.78, 5) is 30.5. The lowest BCUT2D eigenvalue weighted by atomic mass is 9.98. The van der Waals surface area contributed by atoms with Crippen LogP contribution in [0.5, 0.6) is 0 Å². The van der Waals surface area contributed by atoms with E-state index >= 15 is 0 Å². The minimum Gasteiger partial charge on any atom is -0.361 e. The number of hydrogen-bond donors (Lipinski definition) is 2. The molecule has 1 aromatic heterocycles. The molecule has 0 spiro atoms. The predicted molar refractivity (Wildman–Crippen MR) is 108 cm³/mol. The maximum absolute atomic E-state index is 12.8. The van der Waals surface area contributed by atoms with Crippen molar-refractivity contribution in [3.8, 4) is 0 Å². The van der Waals surface area contributed by atoms with Crippen LogP contribution in [0.4, 0.5) is 0 Å². The Hall–Kier alpha value is -2.30. The minimum atomic E-state index is -0.321. The van der Waals surface area contributed by atoms with Crippen LogP contribution in [0.25, 0.3) is 10.9 Å². The van der Waals surface area contributed by atoms with E-state index in [2.05, 4.69) is 22.4 Å². The Morgan fingerprint density at radius 1 is 1.22 bits per heavy atom. The molecule has 27 heavy (non-hydrogen) atoms. The average Bonchev–Trinajstić information content (AvgIpc) is 3.03. The van der Waals surface area contributed by atoms with Crippen LogP contribution in [0.1, 0.15) is 58.4 Å². The maximum Gasteiger partial charge on any atom is 0.243 e. The second-order valence-corrected chi connectivity index (χ2v) is 8.55. The Labute approximate surface area is 161 Å². The molecule has 1 aromatic carbocycles. The van der Waals surface area contributed by atoms with Crippen LogP contribution < -0.4 is 5.32 Å². The fraction of sp³-hybridized carbons (Fsp3) is 0.545. The zero-order valence-corrected chi connectivity index (χ0v) is 16.7. The Morgan fingerprint density at radius 3 is 2.78 bits per heavy atom. The molecule has 0 bridgehead atoms. The van der Waals surface area contributed by atoms with Gasteiger partial charge in [0.05, 0.1) is 0 Å². The second kappa shape index (κ2) is 8.15. The summed E-state index contributed by atoms with van der Waals surface area (Å²) in [5.41, 5.74) is 2.10. The van der Waals surface area contributed by atoms with E-state index in [1.807, 2.05) is 39.1 Å². The standard InChI is InChI=1S/C22H31N3O2/c1-22(2,3)24-21(27)19-12-6-7-14-25(19)20(26)13-8-9-16-15-23-18-11-5-4-10-17(16)18/h4-5,10-11,15,19,23H,6-9,12-14H2,1-3H3,(H,24,27). The third-order valence-electron chi connectivity index (χ3n) is 5.14. The van der Waals surface area contributed by atoms with Gasteiger partial charge in [-0.25, -0.2) is 0 Å². The van der Waals surface area contributed by atoms with Crippen molar-refractivity contribution >= 4 is 22.7 Å². The molecule has 5 nitrogen and oxygen atoms in total. The molecule has 1 aliphatic rings. The van der Waals surface area contributed by atoms with E-state index in [1.54, 1.807) is 4.90 Å². The number of amides is 2. The minimum absolute atomic E-state index is 0.0211. The lowest BCUT2D eigenvalue weighted by molar-refractivity contribution is -0.143. The first-order valence-electron chi connectivity index (χ1n) is 10.0. The van der Waals surface area contributed by atoms with Crippen molar-refractivity contribution in [1.29, 1.82) is 0 Å². The number of likely N-dealkylation sites (tertiary alicyclic amines) is 1. The van der Waals surface area contributed by atoms with Gasteiger partial charge in [0.2, 0.25) is 11.8 Å². The van der Waals surface area contributed by atoms with E-state index in [4.69, 9.17) is 0 Å². The van der Waals surface area contributed by atoms with Crippen LogP contribution in [0.2, 0.25) is 0 Å². The number of para-hydroxylation sites is 1. The SMILES string of the molecule is CC(C)(C)NC(=O)C1CCCCN1C(=O)CCCc1c[nH]c2ccccc12. The van der Waals surface area contributed by atoms with Crippen molar-refractivity contribution in [3.63, 3.8) is 0 Å². The highest BCUT2D eigenvalue weighted by atomic mass is 16.2.